The lowest BCUT2D eigenvalue weighted by atomic mass is 10.1. The largest absolute Gasteiger partial charge is 0.497 e. The lowest BCUT2D eigenvalue weighted by Gasteiger charge is -2.30. The molecule has 28 heavy (non-hydrogen) atoms. The first-order valence-electron chi connectivity index (χ1n) is 8.84. The fourth-order valence-electron chi connectivity index (χ4n) is 2.94. The smallest absolute Gasteiger partial charge is 0.244 e. The van der Waals surface area contributed by atoms with Crippen LogP contribution in [0.4, 0.5) is 5.69 Å². The Hall–Kier alpha value is -2.74. The number of carbonyl (C=O) groups excluding carboxylic acids is 1. The van der Waals surface area contributed by atoms with E-state index in [0.29, 0.717) is 23.6 Å². The maximum Gasteiger partial charge on any atom is 0.244 e. The minimum atomic E-state index is -3.68. The van der Waals surface area contributed by atoms with Crippen molar-refractivity contribution >= 4 is 21.6 Å². The van der Waals surface area contributed by atoms with Crippen molar-refractivity contribution in [1.29, 1.82) is 0 Å². The van der Waals surface area contributed by atoms with Crippen molar-refractivity contribution < 1.29 is 22.7 Å². The Morgan fingerprint density at radius 2 is 1.71 bits per heavy atom. The molecule has 1 atom stereocenters. The molecule has 0 radical (unpaired) electrons. The summed E-state index contributed by atoms with van der Waals surface area (Å²) >= 11 is 0. The van der Waals surface area contributed by atoms with Crippen LogP contribution in [0.1, 0.15) is 18.9 Å². The van der Waals surface area contributed by atoms with Crippen molar-refractivity contribution in [3.8, 4) is 11.5 Å². The number of nitrogens with one attached hydrogen (secondary N) is 1. The van der Waals surface area contributed by atoms with Gasteiger partial charge in [-0.2, -0.15) is 0 Å². The standard InChI is InChI=1S/C20H26N2O5S/c1-5-18(20(23)21-14-15-8-6-7-9-19(15)27-3)22(28(4,24)25)16-10-12-17(26-2)13-11-16/h6-13,18H,5,14H2,1-4H3,(H,21,23). The third kappa shape index (κ3) is 5.16. The van der Waals surface area contributed by atoms with Gasteiger partial charge in [-0.05, 0) is 36.8 Å². The van der Waals surface area contributed by atoms with E-state index >= 15 is 0 Å². The van der Waals surface area contributed by atoms with Crippen LogP contribution in [0.5, 0.6) is 11.5 Å². The van der Waals surface area contributed by atoms with Gasteiger partial charge in [0.25, 0.3) is 0 Å². The van der Waals surface area contributed by atoms with Gasteiger partial charge in [0.2, 0.25) is 15.9 Å². The zero-order chi connectivity index (χ0) is 20.7. The van der Waals surface area contributed by atoms with Gasteiger partial charge >= 0.3 is 0 Å². The van der Waals surface area contributed by atoms with Crippen molar-refractivity contribution in [2.45, 2.75) is 25.9 Å². The number of para-hydroxylation sites is 1. The average Bonchev–Trinajstić information content (AvgIpc) is 2.69. The summed E-state index contributed by atoms with van der Waals surface area (Å²) in [7, 11) is -0.591. The number of benzene rings is 2. The van der Waals surface area contributed by atoms with E-state index in [4.69, 9.17) is 9.47 Å². The van der Waals surface area contributed by atoms with Crippen molar-refractivity contribution in [3.05, 3.63) is 54.1 Å². The molecule has 0 aliphatic carbocycles. The molecule has 0 saturated heterocycles. The quantitative estimate of drug-likeness (QED) is 0.692. The SMILES string of the molecule is CCC(C(=O)NCc1ccccc1OC)N(c1ccc(OC)cc1)S(C)(=O)=O. The number of carbonyl (C=O) groups is 1. The van der Waals surface area contributed by atoms with Crippen LogP contribution in [0.15, 0.2) is 48.5 Å². The third-order valence-corrected chi connectivity index (χ3v) is 5.48. The monoisotopic (exact) mass is 406 g/mol. The number of amides is 1. The first-order valence-corrected chi connectivity index (χ1v) is 10.7. The van der Waals surface area contributed by atoms with Crippen molar-refractivity contribution in [2.75, 3.05) is 24.8 Å². The number of ether oxygens (including phenoxy) is 2. The Kier molecular flexibility index (Phi) is 7.28. The van der Waals surface area contributed by atoms with E-state index in [1.54, 1.807) is 44.4 Å². The second-order valence-electron chi connectivity index (χ2n) is 6.21. The number of rotatable bonds is 9. The van der Waals surface area contributed by atoms with Gasteiger partial charge in [-0.3, -0.25) is 9.10 Å². The minimum Gasteiger partial charge on any atom is -0.497 e. The number of nitrogens with zero attached hydrogens (tertiary/aromatic N) is 1. The van der Waals surface area contributed by atoms with E-state index in [2.05, 4.69) is 5.32 Å². The summed E-state index contributed by atoms with van der Waals surface area (Å²) in [6, 6.07) is 13.0. The molecule has 152 valence electrons. The topological polar surface area (TPSA) is 84.9 Å². The molecule has 0 aromatic heterocycles. The van der Waals surface area contributed by atoms with Gasteiger partial charge in [0.15, 0.2) is 0 Å². The van der Waals surface area contributed by atoms with Gasteiger partial charge in [0.05, 0.1) is 26.2 Å². The zero-order valence-corrected chi connectivity index (χ0v) is 17.3. The number of methoxy groups -OCH3 is 2. The molecule has 7 nitrogen and oxygen atoms in total. The second kappa shape index (κ2) is 9.45. The third-order valence-electron chi connectivity index (χ3n) is 4.30. The van der Waals surface area contributed by atoms with E-state index in [-0.39, 0.29) is 12.5 Å². The number of sulfonamides is 1. The fraction of sp³-hybridized carbons (Fsp3) is 0.350. The Balaban J connectivity index is 2.25. The molecule has 0 spiro atoms. The zero-order valence-electron chi connectivity index (χ0n) is 16.5. The molecule has 0 heterocycles. The average molecular weight is 407 g/mol. The van der Waals surface area contributed by atoms with Crippen LogP contribution in [0.2, 0.25) is 0 Å². The van der Waals surface area contributed by atoms with E-state index < -0.39 is 16.1 Å². The van der Waals surface area contributed by atoms with Crippen LogP contribution < -0.4 is 19.1 Å². The fourth-order valence-corrected chi connectivity index (χ4v) is 4.15. The predicted molar refractivity (Wildman–Crippen MR) is 109 cm³/mol. The molecule has 2 aromatic rings. The first-order chi connectivity index (χ1) is 13.3. The van der Waals surface area contributed by atoms with Gasteiger partial charge in [0, 0.05) is 12.1 Å². The molecular formula is C20H26N2O5S. The van der Waals surface area contributed by atoms with Crippen molar-refractivity contribution in [1.82, 2.24) is 5.32 Å². The van der Waals surface area contributed by atoms with Gasteiger partial charge < -0.3 is 14.8 Å². The lowest BCUT2D eigenvalue weighted by molar-refractivity contribution is -0.122. The maximum atomic E-state index is 12.8. The number of hydrogen-bond donors (Lipinski definition) is 1. The summed E-state index contributed by atoms with van der Waals surface area (Å²) < 4.78 is 36.5. The van der Waals surface area contributed by atoms with Crippen molar-refractivity contribution in [2.24, 2.45) is 0 Å². The van der Waals surface area contributed by atoms with E-state index in [0.717, 1.165) is 16.1 Å². The Morgan fingerprint density at radius 1 is 1.07 bits per heavy atom. The summed E-state index contributed by atoms with van der Waals surface area (Å²) in [4.78, 5) is 12.8. The van der Waals surface area contributed by atoms with Crippen LogP contribution in [0, 0.1) is 0 Å². The molecule has 0 aliphatic rings. The molecule has 1 amide bonds. The maximum absolute atomic E-state index is 12.8. The molecule has 0 fully saturated rings. The Morgan fingerprint density at radius 3 is 2.25 bits per heavy atom. The minimum absolute atomic E-state index is 0.236. The van der Waals surface area contributed by atoms with Crippen LogP contribution >= 0.6 is 0 Å². The highest BCUT2D eigenvalue weighted by atomic mass is 32.2. The number of hydrogen-bond acceptors (Lipinski definition) is 5. The summed E-state index contributed by atoms with van der Waals surface area (Å²) in [6.45, 7) is 2.01. The molecule has 8 heteroatoms. The van der Waals surface area contributed by atoms with Crippen LogP contribution in [-0.2, 0) is 21.4 Å². The summed E-state index contributed by atoms with van der Waals surface area (Å²) in [5, 5.41) is 2.82. The first kappa shape index (κ1) is 21.6. The highest BCUT2D eigenvalue weighted by Crippen LogP contribution is 2.25. The molecule has 0 aliphatic heterocycles. The van der Waals surface area contributed by atoms with Gasteiger partial charge in [-0.25, -0.2) is 8.42 Å². The molecule has 0 bridgehead atoms. The van der Waals surface area contributed by atoms with Crippen molar-refractivity contribution in [3.63, 3.8) is 0 Å². The van der Waals surface area contributed by atoms with Crippen LogP contribution in [0.25, 0.3) is 0 Å². The van der Waals surface area contributed by atoms with E-state index in [1.165, 1.54) is 7.11 Å². The molecule has 0 saturated carbocycles. The predicted octanol–water partition coefficient (Wildman–Crippen LogP) is 2.56. The van der Waals surface area contributed by atoms with Crippen LogP contribution in [0.3, 0.4) is 0 Å². The van der Waals surface area contributed by atoms with E-state index in [1.807, 2.05) is 18.2 Å². The highest BCUT2D eigenvalue weighted by molar-refractivity contribution is 7.92. The summed E-state index contributed by atoms with van der Waals surface area (Å²) in [5.74, 6) is 0.881. The van der Waals surface area contributed by atoms with Gasteiger partial charge in [-0.1, -0.05) is 25.1 Å². The molecule has 2 aromatic carbocycles. The lowest BCUT2D eigenvalue weighted by Crippen LogP contribution is -2.49. The normalized spacial score (nSPS) is 12.1. The van der Waals surface area contributed by atoms with Crippen LogP contribution in [-0.4, -0.2) is 40.8 Å². The van der Waals surface area contributed by atoms with Gasteiger partial charge in [-0.15, -0.1) is 0 Å². The highest BCUT2D eigenvalue weighted by Gasteiger charge is 2.31. The number of anilines is 1. The molecule has 1 N–H and O–H groups in total. The Labute approximate surface area is 166 Å². The molecule has 1 unspecified atom stereocenters. The second-order valence-corrected chi connectivity index (χ2v) is 8.07. The van der Waals surface area contributed by atoms with Gasteiger partial charge in [0.1, 0.15) is 17.5 Å². The summed E-state index contributed by atoms with van der Waals surface area (Å²) in [5.41, 5.74) is 1.21. The molecule has 2 rings (SSSR count). The molecular weight excluding hydrogens is 380 g/mol. The van der Waals surface area contributed by atoms with E-state index in [9.17, 15) is 13.2 Å². The Bertz CT molecular complexity index is 897. The summed E-state index contributed by atoms with van der Waals surface area (Å²) in [6.07, 6.45) is 1.41.